The van der Waals surface area contributed by atoms with Gasteiger partial charge in [-0.3, -0.25) is 10.5 Å². The van der Waals surface area contributed by atoms with Crippen molar-refractivity contribution in [2.75, 3.05) is 0 Å². The Morgan fingerprint density at radius 2 is 2.12 bits per heavy atom. The van der Waals surface area contributed by atoms with E-state index in [0.29, 0.717) is 22.4 Å². The van der Waals surface area contributed by atoms with E-state index in [4.69, 9.17) is 5.84 Å². The number of hydrogen-bond donors (Lipinski definition) is 2. The molecule has 1 aromatic heterocycles. The Balaban J connectivity index is 3.01. The van der Waals surface area contributed by atoms with Gasteiger partial charge < -0.3 is 0 Å². The first-order valence-corrected chi connectivity index (χ1v) is 5.85. The van der Waals surface area contributed by atoms with E-state index in [1.54, 1.807) is 12.3 Å². The van der Waals surface area contributed by atoms with E-state index in [1.807, 2.05) is 6.92 Å². The Hall–Kier alpha value is -0.600. The van der Waals surface area contributed by atoms with Crippen molar-refractivity contribution in [3.63, 3.8) is 0 Å². The maximum Gasteiger partial charge on any atom is 0.405 e. The van der Waals surface area contributed by atoms with Gasteiger partial charge in [-0.1, -0.05) is 0 Å². The average Bonchev–Trinajstić information content (AvgIpc) is 2.50. The standard InChI is InChI=1S/C9H14BrF3N4/c1-3-17-6(8(10)5(2)16-17)4-7(15-14)9(11,12)13/h7,15H,3-4,14H2,1-2H3. The predicted molar refractivity (Wildman–Crippen MR) is 61.2 cm³/mol. The topological polar surface area (TPSA) is 55.9 Å². The van der Waals surface area contributed by atoms with Gasteiger partial charge in [-0.15, -0.1) is 0 Å². The van der Waals surface area contributed by atoms with Crippen molar-refractivity contribution < 1.29 is 13.2 Å². The number of nitrogens with one attached hydrogen (secondary N) is 1. The summed E-state index contributed by atoms with van der Waals surface area (Å²) >= 11 is 3.25. The van der Waals surface area contributed by atoms with Gasteiger partial charge in [-0.05, 0) is 29.8 Å². The molecule has 0 saturated carbocycles. The van der Waals surface area contributed by atoms with Crippen LogP contribution in [-0.2, 0) is 13.0 Å². The second-order valence-corrected chi connectivity index (χ2v) is 4.42. The van der Waals surface area contributed by atoms with E-state index in [0.717, 1.165) is 0 Å². The average molecular weight is 315 g/mol. The molecule has 1 atom stereocenters. The molecule has 0 aromatic carbocycles. The second-order valence-electron chi connectivity index (χ2n) is 3.63. The molecule has 1 heterocycles. The Morgan fingerprint density at radius 1 is 1.53 bits per heavy atom. The van der Waals surface area contributed by atoms with E-state index in [-0.39, 0.29) is 6.42 Å². The molecule has 0 saturated heterocycles. The van der Waals surface area contributed by atoms with Crippen LogP contribution in [0.15, 0.2) is 4.47 Å². The van der Waals surface area contributed by atoms with Gasteiger partial charge in [0.15, 0.2) is 0 Å². The zero-order chi connectivity index (χ0) is 13.2. The van der Waals surface area contributed by atoms with Crippen LogP contribution in [-0.4, -0.2) is 22.0 Å². The van der Waals surface area contributed by atoms with Gasteiger partial charge in [-0.25, -0.2) is 5.43 Å². The van der Waals surface area contributed by atoms with E-state index in [9.17, 15) is 13.2 Å². The molecule has 0 aliphatic rings. The summed E-state index contributed by atoms with van der Waals surface area (Å²) in [5.41, 5.74) is 2.95. The molecule has 1 unspecified atom stereocenters. The third-order valence-electron chi connectivity index (χ3n) is 2.45. The van der Waals surface area contributed by atoms with Crippen LogP contribution in [0.2, 0.25) is 0 Å². The normalized spacial score (nSPS) is 14.1. The lowest BCUT2D eigenvalue weighted by atomic mass is 10.1. The largest absolute Gasteiger partial charge is 0.405 e. The lowest BCUT2D eigenvalue weighted by Gasteiger charge is -2.19. The van der Waals surface area contributed by atoms with E-state index in [2.05, 4.69) is 21.0 Å². The molecule has 0 spiro atoms. The molecule has 0 fully saturated rings. The molecule has 98 valence electrons. The maximum atomic E-state index is 12.6. The Morgan fingerprint density at radius 3 is 2.53 bits per heavy atom. The summed E-state index contributed by atoms with van der Waals surface area (Å²) in [7, 11) is 0. The van der Waals surface area contributed by atoms with Crippen molar-refractivity contribution in [1.82, 2.24) is 15.2 Å². The van der Waals surface area contributed by atoms with E-state index < -0.39 is 12.2 Å². The molecule has 3 N–H and O–H groups in total. The number of hydrazine groups is 1. The number of nitrogens with two attached hydrogens (primary N) is 1. The van der Waals surface area contributed by atoms with Crippen LogP contribution in [0.4, 0.5) is 13.2 Å². The first-order chi connectivity index (χ1) is 7.81. The fourth-order valence-corrected chi connectivity index (χ4v) is 1.97. The Labute approximate surface area is 105 Å². The first-order valence-electron chi connectivity index (χ1n) is 5.05. The molecule has 0 bridgehead atoms. The zero-order valence-electron chi connectivity index (χ0n) is 9.48. The molecule has 0 radical (unpaired) electrons. The van der Waals surface area contributed by atoms with Crippen LogP contribution in [0.25, 0.3) is 0 Å². The van der Waals surface area contributed by atoms with Crippen LogP contribution in [0.1, 0.15) is 18.3 Å². The fraction of sp³-hybridized carbons (Fsp3) is 0.667. The number of alkyl halides is 3. The second kappa shape index (κ2) is 5.36. The van der Waals surface area contributed by atoms with Crippen molar-refractivity contribution in [2.45, 2.75) is 39.0 Å². The molecule has 0 amide bonds. The monoisotopic (exact) mass is 314 g/mol. The number of aryl methyl sites for hydroxylation is 2. The van der Waals surface area contributed by atoms with Crippen LogP contribution in [0.3, 0.4) is 0 Å². The van der Waals surface area contributed by atoms with Crippen molar-refractivity contribution in [2.24, 2.45) is 5.84 Å². The van der Waals surface area contributed by atoms with Gasteiger partial charge in [0.2, 0.25) is 0 Å². The summed E-state index contributed by atoms with van der Waals surface area (Å²) in [6, 6.07) is -1.78. The highest BCUT2D eigenvalue weighted by atomic mass is 79.9. The molecule has 1 rings (SSSR count). The highest BCUT2D eigenvalue weighted by Gasteiger charge is 2.40. The van der Waals surface area contributed by atoms with Gasteiger partial charge in [0.25, 0.3) is 0 Å². The number of aromatic nitrogens is 2. The summed E-state index contributed by atoms with van der Waals surface area (Å²) < 4.78 is 39.9. The minimum atomic E-state index is -4.38. The van der Waals surface area contributed by atoms with Crippen LogP contribution < -0.4 is 11.3 Å². The molecule has 17 heavy (non-hydrogen) atoms. The third kappa shape index (κ3) is 3.20. The molecular formula is C9H14BrF3N4. The lowest BCUT2D eigenvalue weighted by molar-refractivity contribution is -0.155. The van der Waals surface area contributed by atoms with Crippen molar-refractivity contribution in [3.8, 4) is 0 Å². The van der Waals surface area contributed by atoms with Crippen LogP contribution in [0, 0.1) is 6.92 Å². The highest BCUT2D eigenvalue weighted by Crippen LogP contribution is 2.27. The first kappa shape index (κ1) is 14.5. The minimum absolute atomic E-state index is 0.255. The molecular weight excluding hydrogens is 301 g/mol. The highest BCUT2D eigenvalue weighted by molar-refractivity contribution is 9.10. The van der Waals surface area contributed by atoms with Crippen molar-refractivity contribution >= 4 is 15.9 Å². The SMILES string of the molecule is CCn1nc(C)c(Br)c1CC(NN)C(F)(F)F. The number of halogens is 4. The summed E-state index contributed by atoms with van der Waals surface area (Å²) in [5, 5.41) is 4.13. The van der Waals surface area contributed by atoms with Gasteiger partial charge in [0, 0.05) is 13.0 Å². The molecule has 0 aliphatic heterocycles. The minimum Gasteiger partial charge on any atom is -0.271 e. The summed E-state index contributed by atoms with van der Waals surface area (Å²) in [6.07, 6.45) is -4.64. The lowest BCUT2D eigenvalue weighted by Crippen LogP contribution is -2.47. The Kier molecular flexibility index (Phi) is 4.56. The van der Waals surface area contributed by atoms with Crippen molar-refractivity contribution in [3.05, 3.63) is 15.9 Å². The zero-order valence-corrected chi connectivity index (χ0v) is 11.1. The molecule has 8 heteroatoms. The van der Waals surface area contributed by atoms with Crippen LogP contribution in [0.5, 0.6) is 0 Å². The van der Waals surface area contributed by atoms with Gasteiger partial charge in [0.05, 0.1) is 15.9 Å². The number of nitrogens with zero attached hydrogens (tertiary/aromatic N) is 2. The molecule has 1 aromatic rings. The summed E-state index contributed by atoms with van der Waals surface area (Å²) in [4.78, 5) is 0. The third-order valence-corrected chi connectivity index (χ3v) is 3.48. The van der Waals surface area contributed by atoms with Crippen molar-refractivity contribution in [1.29, 1.82) is 0 Å². The maximum absolute atomic E-state index is 12.6. The number of rotatable bonds is 4. The van der Waals surface area contributed by atoms with Crippen LogP contribution >= 0.6 is 15.9 Å². The smallest absolute Gasteiger partial charge is 0.271 e. The number of hydrogen-bond acceptors (Lipinski definition) is 3. The quantitative estimate of drug-likeness (QED) is 0.659. The van der Waals surface area contributed by atoms with E-state index >= 15 is 0 Å². The summed E-state index contributed by atoms with van der Waals surface area (Å²) in [5.74, 6) is 4.94. The Bertz CT molecular complexity index is 388. The molecule has 0 aliphatic carbocycles. The van der Waals surface area contributed by atoms with Gasteiger partial charge in [0.1, 0.15) is 6.04 Å². The molecule has 4 nitrogen and oxygen atoms in total. The fourth-order valence-electron chi connectivity index (χ4n) is 1.53. The van der Waals surface area contributed by atoms with E-state index in [1.165, 1.54) is 4.68 Å². The van der Waals surface area contributed by atoms with Gasteiger partial charge in [-0.2, -0.15) is 18.3 Å². The predicted octanol–water partition coefficient (Wildman–Crippen LogP) is 1.91. The van der Waals surface area contributed by atoms with Gasteiger partial charge >= 0.3 is 6.18 Å². The summed E-state index contributed by atoms with van der Waals surface area (Å²) in [6.45, 7) is 4.07.